The lowest BCUT2D eigenvalue weighted by atomic mass is 9.95. The third-order valence-electron chi connectivity index (χ3n) is 1.96. The molecule has 15 heavy (non-hydrogen) atoms. The second-order valence-corrected chi connectivity index (χ2v) is 4.76. The summed E-state index contributed by atoms with van der Waals surface area (Å²) in [5.41, 5.74) is 0.0943. The summed E-state index contributed by atoms with van der Waals surface area (Å²) >= 11 is 5.80. The second kappa shape index (κ2) is 5.33. The van der Waals surface area contributed by atoms with E-state index in [4.69, 9.17) is 16.3 Å². The standard InChI is InChI=1S/C11H17ClN2O/c1-11(2,7-13-3)8-15-10-4-9(12)5-14-6-10/h4-6,13H,7-8H2,1-3H3. The predicted molar refractivity (Wildman–Crippen MR) is 62.4 cm³/mol. The van der Waals surface area contributed by atoms with Gasteiger partial charge in [0, 0.05) is 24.2 Å². The van der Waals surface area contributed by atoms with Gasteiger partial charge in [-0.05, 0) is 7.05 Å². The van der Waals surface area contributed by atoms with Gasteiger partial charge in [0.2, 0.25) is 0 Å². The molecule has 1 N–H and O–H groups in total. The van der Waals surface area contributed by atoms with E-state index >= 15 is 0 Å². The lowest BCUT2D eigenvalue weighted by Crippen LogP contribution is -2.32. The van der Waals surface area contributed by atoms with Crippen LogP contribution >= 0.6 is 11.6 Å². The number of aromatic nitrogens is 1. The first kappa shape index (κ1) is 12.3. The van der Waals surface area contributed by atoms with Crippen LogP contribution in [0.4, 0.5) is 0 Å². The van der Waals surface area contributed by atoms with Crippen LogP contribution < -0.4 is 10.1 Å². The Morgan fingerprint density at radius 3 is 2.80 bits per heavy atom. The van der Waals surface area contributed by atoms with Crippen molar-refractivity contribution < 1.29 is 4.74 Å². The average molecular weight is 229 g/mol. The molecule has 0 saturated carbocycles. The summed E-state index contributed by atoms with van der Waals surface area (Å²) in [6.07, 6.45) is 3.26. The number of rotatable bonds is 5. The van der Waals surface area contributed by atoms with E-state index in [-0.39, 0.29) is 5.41 Å². The molecule has 0 amide bonds. The van der Waals surface area contributed by atoms with Gasteiger partial charge in [0.25, 0.3) is 0 Å². The molecule has 0 aromatic carbocycles. The van der Waals surface area contributed by atoms with Crippen LogP contribution in [0.2, 0.25) is 5.02 Å². The van der Waals surface area contributed by atoms with Crippen LogP contribution in [0, 0.1) is 5.41 Å². The molecule has 1 aromatic heterocycles. The van der Waals surface area contributed by atoms with Crippen LogP contribution in [-0.4, -0.2) is 25.2 Å². The molecule has 0 saturated heterocycles. The summed E-state index contributed by atoms with van der Waals surface area (Å²) in [4.78, 5) is 3.96. The van der Waals surface area contributed by atoms with Crippen molar-refractivity contribution in [3.63, 3.8) is 0 Å². The molecule has 0 unspecified atom stereocenters. The normalized spacial score (nSPS) is 11.5. The third kappa shape index (κ3) is 4.49. The topological polar surface area (TPSA) is 34.1 Å². The quantitative estimate of drug-likeness (QED) is 0.840. The van der Waals surface area contributed by atoms with E-state index < -0.39 is 0 Å². The molecule has 4 heteroatoms. The van der Waals surface area contributed by atoms with Crippen molar-refractivity contribution >= 4 is 11.6 Å². The molecule has 1 rings (SSSR count). The van der Waals surface area contributed by atoms with Crippen molar-refractivity contribution in [1.29, 1.82) is 0 Å². The number of hydrogen-bond donors (Lipinski definition) is 1. The van der Waals surface area contributed by atoms with Crippen molar-refractivity contribution in [1.82, 2.24) is 10.3 Å². The first-order chi connectivity index (χ1) is 7.03. The highest BCUT2D eigenvalue weighted by atomic mass is 35.5. The van der Waals surface area contributed by atoms with Gasteiger partial charge >= 0.3 is 0 Å². The van der Waals surface area contributed by atoms with E-state index in [0.29, 0.717) is 17.4 Å². The number of pyridine rings is 1. The fourth-order valence-electron chi connectivity index (χ4n) is 1.28. The summed E-state index contributed by atoms with van der Waals surface area (Å²) < 4.78 is 5.62. The van der Waals surface area contributed by atoms with E-state index in [2.05, 4.69) is 24.1 Å². The average Bonchev–Trinajstić information content (AvgIpc) is 2.15. The molecule has 84 valence electrons. The minimum Gasteiger partial charge on any atom is -0.491 e. The Bertz CT molecular complexity index is 315. The monoisotopic (exact) mass is 228 g/mol. The van der Waals surface area contributed by atoms with Crippen LogP contribution in [0.25, 0.3) is 0 Å². The molecule has 0 aliphatic carbocycles. The van der Waals surface area contributed by atoms with E-state index in [1.807, 2.05) is 7.05 Å². The molecule has 3 nitrogen and oxygen atoms in total. The minimum atomic E-state index is 0.0943. The zero-order chi connectivity index (χ0) is 11.3. The molecule has 0 fully saturated rings. The van der Waals surface area contributed by atoms with E-state index in [1.54, 1.807) is 18.5 Å². The maximum atomic E-state index is 5.80. The zero-order valence-electron chi connectivity index (χ0n) is 9.38. The van der Waals surface area contributed by atoms with Crippen molar-refractivity contribution in [2.24, 2.45) is 5.41 Å². The third-order valence-corrected chi connectivity index (χ3v) is 2.17. The largest absolute Gasteiger partial charge is 0.491 e. The molecule has 0 bridgehead atoms. The van der Waals surface area contributed by atoms with Crippen molar-refractivity contribution in [2.75, 3.05) is 20.2 Å². The fraction of sp³-hybridized carbons (Fsp3) is 0.545. The molecule has 0 atom stereocenters. The Hall–Kier alpha value is -0.800. The van der Waals surface area contributed by atoms with Gasteiger partial charge in [-0.2, -0.15) is 0 Å². The zero-order valence-corrected chi connectivity index (χ0v) is 10.1. The molecular weight excluding hydrogens is 212 g/mol. The van der Waals surface area contributed by atoms with Crippen molar-refractivity contribution in [2.45, 2.75) is 13.8 Å². The first-order valence-electron chi connectivity index (χ1n) is 4.91. The van der Waals surface area contributed by atoms with E-state index in [1.165, 1.54) is 0 Å². The Balaban J connectivity index is 2.49. The van der Waals surface area contributed by atoms with E-state index in [9.17, 15) is 0 Å². The number of hydrogen-bond acceptors (Lipinski definition) is 3. The lowest BCUT2D eigenvalue weighted by Gasteiger charge is -2.24. The van der Waals surface area contributed by atoms with Gasteiger partial charge in [-0.3, -0.25) is 4.98 Å². The molecule has 0 radical (unpaired) electrons. The smallest absolute Gasteiger partial charge is 0.139 e. The number of halogens is 1. The lowest BCUT2D eigenvalue weighted by molar-refractivity contribution is 0.178. The summed E-state index contributed by atoms with van der Waals surface area (Å²) in [5.74, 6) is 0.715. The van der Waals surface area contributed by atoms with Gasteiger partial charge < -0.3 is 10.1 Å². The number of nitrogens with zero attached hydrogens (tertiary/aromatic N) is 1. The number of ether oxygens (including phenoxy) is 1. The van der Waals surface area contributed by atoms with Crippen LogP contribution in [-0.2, 0) is 0 Å². The first-order valence-corrected chi connectivity index (χ1v) is 5.29. The Labute approximate surface area is 95.8 Å². The SMILES string of the molecule is CNCC(C)(C)COc1cncc(Cl)c1. The summed E-state index contributed by atoms with van der Waals surface area (Å²) in [6, 6.07) is 1.77. The Kier molecular flexibility index (Phi) is 4.36. The van der Waals surface area contributed by atoms with Crippen LogP contribution in [0.3, 0.4) is 0 Å². The van der Waals surface area contributed by atoms with E-state index in [0.717, 1.165) is 6.54 Å². The molecular formula is C11H17ClN2O. The summed E-state index contributed by atoms with van der Waals surface area (Å²) in [7, 11) is 1.93. The van der Waals surface area contributed by atoms with Gasteiger partial charge in [0.15, 0.2) is 0 Å². The fourth-order valence-corrected chi connectivity index (χ4v) is 1.44. The molecule has 0 aliphatic heterocycles. The highest BCUT2D eigenvalue weighted by Gasteiger charge is 2.17. The maximum Gasteiger partial charge on any atom is 0.139 e. The summed E-state index contributed by atoms with van der Waals surface area (Å²) in [6.45, 7) is 5.82. The summed E-state index contributed by atoms with van der Waals surface area (Å²) in [5, 5.41) is 3.73. The maximum absolute atomic E-state index is 5.80. The van der Waals surface area contributed by atoms with Gasteiger partial charge in [0.05, 0.1) is 17.8 Å². The molecule has 1 heterocycles. The Morgan fingerprint density at radius 1 is 1.47 bits per heavy atom. The van der Waals surface area contributed by atoms with Crippen molar-refractivity contribution in [3.8, 4) is 5.75 Å². The highest BCUT2D eigenvalue weighted by Crippen LogP contribution is 2.19. The molecule has 0 spiro atoms. The molecule has 0 aliphatic rings. The van der Waals surface area contributed by atoms with Gasteiger partial charge in [-0.1, -0.05) is 25.4 Å². The van der Waals surface area contributed by atoms with Crippen LogP contribution in [0.1, 0.15) is 13.8 Å². The van der Waals surface area contributed by atoms with Gasteiger partial charge in [0.1, 0.15) is 5.75 Å². The van der Waals surface area contributed by atoms with Crippen LogP contribution in [0.5, 0.6) is 5.75 Å². The highest BCUT2D eigenvalue weighted by molar-refractivity contribution is 6.30. The van der Waals surface area contributed by atoms with Gasteiger partial charge in [-0.15, -0.1) is 0 Å². The predicted octanol–water partition coefficient (Wildman–Crippen LogP) is 2.36. The Morgan fingerprint density at radius 2 is 2.20 bits per heavy atom. The number of nitrogens with one attached hydrogen (secondary N) is 1. The second-order valence-electron chi connectivity index (χ2n) is 4.32. The molecule has 1 aromatic rings. The van der Waals surface area contributed by atoms with Crippen LogP contribution in [0.15, 0.2) is 18.5 Å². The van der Waals surface area contributed by atoms with Crippen molar-refractivity contribution in [3.05, 3.63) is 23.5 Å². The minimum absolute atomic E-state index is 0.0943. The van der Waals surface area contributed by atoms with Gasteiger partial charge in [-0.25, -0.2) is 0 Å².